The van der Waals surface area contributed by atoms with Crippen LogP contribution in [0.25, 0.3) is 0 Å². The number of hydrogen-bond donors (Lipinski definition) is 1. The zero-order valence-electron chi connectivity index (χ0n) is 14.6. The number of nitrogens with one attached hydrogen (secondary N) is 1. The second-order valence-electron chi connectivity index (χ2n) is 6.90. The Kier molecular flexibility index (Phi) is 3.97. The number of rotatable bonds is 3. The molecule has 2 aliphatic heterocycles. The van der Waals surface area contributed by atoms with Gasteiger partial charge in [0.05, 0.1) is 0 Å². The van der Waals surface area contributed by atoms with Crippen LogP contribution in [-0.2, 0) is 14.4 Å². The number of hydrogen-bond acceptors (Lipinski definition) is 5. The predicted octanol–water partition coefficient (Wildman–Crippen LogP) is 0.825. The van der Waals surface area contributed by atoms with E-state index in [9.17, 15) is 14.4 Å². The lowest BCUT2D eigenvalue weighted by atomic mass is 10.0. The van der Waals surface area contributed by atoms with E-state index in [1.807, 2.05) is 0 Å². The van der Waals surface area contributed by atoms with Crippen molar-refractivity contribution in [2.75, 3.05) is 38.3 Å². The summed E-state index contributed by atoms with van der Waals surface area (Å²) in [5.74, 6) is 0.816. The monoisotopic (exact) mass is 359 g/mol. The van der Waals surface area contributed by atoms with E-state index in [1.165, 1.54) is 6.92 Å². The normalized spacial score (nSPS) is 19.9. The van der Waals surface area contributed by atoms with Gasteiger partial charge in [-0.3, -0.25) is 14.4 Å². The van der Waals surface area contributed by atoms with E-state index in [0.717, 1.165) is 0 Å². The Morgan fingerprint density at radius 2 is 1.65 bits per heavy atom. The number of benzene rings is 1. The fraction of sp³-hybridized carbons (Fsp3) is 0.500. The van der Waals surface area contributed by atoms with E-state index in [4.69, 9.17) is 9.47 Å². The van der Waals surface area contributed by atoms with Gasteiger partial charge in [-0.05, 0) is 25.0 Å². The van der Waals surface area contributed by atoms with Gasteiger partial charge in [0.15, 0.2) is 11.5 Å². The topological polar surface area (TPSA) is 88.2 Å². The highest BCUT2D eigenvalue weighted by Gasteiger charge is 2.58. The van der Waals surface area contributed by atoms with Gasteiger partial charge in [-0.15, -0.1) is 0 Å². The zero-order valence-corrected chi connectivity index (χ0v) is 14.6. The van der Waals surface area contributed by atoms with Gasteiger partial charge < -0.3 is 24.6 Å². The number of ether oxygens (including phenoxy) is 2. The summed E-state index contributed by atoms with van der Waals surface area (Å²) in [5.41, 5.74) is -0.394. The first kappa shape index (κ1) is 16.7. The van der Waals surface area contributed by atoms with Crippen molar-refractivity contribution >= 4 is 23.4 Å². The number of fused-ring (bicyclic) bond motifs is 1. The minimum absolute atomic E-state index is 0.0128. The highest BCUT2D eigenvalue weighted by atomic mass is 16.7. The lowest BCUT2D eigenvalue weighted by Gasteiger charge is -2.35. The molecular formula is C18H21N3O5. The molecule has 1 aliphatic carbocycles. The molecule has 2 fully saturated rings. The maximum absolute atomic E-state index is 12.9. The standard InChI is InChI=1S/C18H21N3O5/c1-12(22)20-6-8-21(9-7-20)17(24)18(4-5-18)16(23)19-13-2-3-14-15(10-13)26-11-25-14/h2-3,10H,4-9,11H2,1H3,(H,19,23). The van der Waals surface area contributed by atoms with Crippen molar-refractivity contribution in [3.05, 3.63) is 18.2 Å². The van der Waals surface area contributed by atoms with Gasteiger partial charge >= 0.3 is 0 Å². The Labute approximate surface area is 151 Å². The lowest BCUT2D eigenvalue weighted by Crippen LogP contribution is -2.53. The van der Waals surface area contributed by atoms with E-state index in [2.05, 4.69) is 5.32 Å². The molecule has 0 radical (unpaired) electrons. The molecule has 8 nitrogen and oxygen atoms in total. The first-order valence-electron chi connectivity index (χ1n) is 8.76. The van der Waals surface area contributed by atoms with Crippen molar-refractivity contribution in [2.24, 2.45) is 5.41 Å². The van der Waals surface area contributed by atoms with Crippen LogP contribution < -0.4 is 14.8 Å². The molecule has 1 saturated heterocycles. The van der Waals surface area contributed by atoms with E-state index in [-0.39, 0.29) is 24.5 Å². The van der Waals surface area contributed by atoms with Crippen molar-refractivity contribution in [2.45, 2.75) is 19.8 Å². The Hall–Kier alpha value is -2.77. The van der Waals surface area contributed by atoms with E-state index < -0.39 is 5.41 Å². The third-order valence-electron chi connectivity index (χ3n) is 5.24. The fourth-order valence-corrected chi connectivity index (χ4v) is 3.42. The average molecular weight is 359 g/mol. The summed E-state index contributed by atoms with van der Waals surface area (Å²) >= 11 is 0. The number of nitrogens with zero attached hydrogens (tertiary/aromatic N) is 2. The van der Waals surface area contributed by atoms with Gasteiger partial charge in [-0.2, -0.15) is 0 Å². The molecule has 8 heteroatoms. The van der Waals surface area contributed by atoms with E-state index in [1.54, 1.807) is 28.0 Å². The van der Waals surface area contributed by atoms with Crippen LogP contribution in [0, 0.1) is 5.41 Å². The van der Waals surface area contributed by atoms with Crippen molar-refractivity contribution in [1.82, 2.24) is 9.80 Å². The minimum Gasteiger partial charge on any atom is -0.454 e. The van der Waals surface area contributed by atoms with Crippen LogP contribution in [0.3, 0.4) is 0 Å². The molecule has 0 spiro atoms. The summed E-state index contributed by atoms with van der Waals surface area (Å²) in [6, 6.07) is 5.17. The first-order chi connectivity index (χ1) is 12.5. The van der Waals surface area contributed by atoms with Crippen molar-refractivity contribution < 1.29 is 23.9 Å². The first-order valence-corrected chi connectivity index (χ1v) is 8.76. The van der Waals surface area contributed by atoms with Crippen LogP contribution in [0.15, 0.2) is 18.2 Å². The molecule has 3 amide bonds. The molecule has 2 heterocycles. The molecular weight excluding hydrogens is 338 g/mol. The third kappa shape index (κ3) is 2.85. The van der Waals surface area contributed by atoms with E-state index >= 15 is 0 Å². The molecule has 0 bridgehead atoms. The average Bonchev–Trinajstić information content (AvgIpc) is 3.33. The SMILES string of the molecule is CC(=O)N1CCN(C(=O)C2(C(=O)Nc3ccc4c(c3)OCO4)CC2)CC1. The maximum atomic E-state index is 12.9. The number of piperazine rings is 1. The van der Waals surface area contributed by atoms with Gasteiger partial charge in [0, 0.05) is 44.9 Å². The fourth-order valence-electron chi connectivity index (χ4n) is 3.42. The summed E-state index contributed by atoms with van der Waals surface area (Å²) in [6.07, 6.45) is 1.10. The quantitative estimate of drug-likeness (QED) is 0.808. The molecule has 1 saturated carbocycles. The molecule has 3 aliphatic rings. The second kappa shape index (κ2) is 6.19. The molecule has 138 valence electrons. The van der Waals surface area contributed by atoms with Crippen LogP contribution in [0.5, 0.6) is 11.5 Å². The molecule has 4 rings (SSSR count). The van der Waals surface area contributed by atoms with E-state index in [0.29, 0.717) is 56.2 Å². The second-order valence-corrected chi connectivity index (χ2v) is 6.90. The summed E-state index contributed by atoms with van der Waals surface area (Å²) in [7, 11) is 0. The van der Waals surface area contributed by atoms with Crippen LogP contribution in [0.1, 0.15) is 19.8 Å². The predicted molar refractivity (Wildman–Crippen MR) is 91.7 cm³/mol. The molecule has 0 unspecified atom stereocenters. The van der Waals surface area contributed by atoms with Gasteiger partial charge in [-0.1, -0.05) is 0 Å². The Morgan fingerprint density at radius 3 is 2.31 bits per heavy atom. The van der Waals surface area contributed by atoms with Gasteiger partial charge in [0.2, 0.25) is 24.5 Å². The van der Waals surface area contributed by atoms with Gasteiger partial charge in [0.1, 0.15) is 5.41 Å². The molecule has 0 aromatic heterocycles. The van der Waals surface area contributed by atoms with Crippen molar-refractivity contribution in [1.29, 1.82) is 0 Å². The summed E-state index contributed by atoms with van der Waals surface area (Å²) < 4.78 is 10.6. The number of amides is 3. The Balaban J connectivity index is 1.41. The molecule has 1 aromatic rings. The molecule has 1 N–H and O–H groups in total. The third-order valence-corrected chi connectivity index (χ3v) is 5.24. The summed E-state index contributed by atoms with van der Waals surface area (Å²) in [4.78, 5) is 40.5. The largest absolute Gasteiger partial charge is 0.454 e. The Morgan fingerprint density at radius 1 is 1.00 bits per heavy atom. The highest BCUT2D eigenvalue weighted by molar-refractivity contribution is 6.13. The smallest absolute Gasteiger partial charge is 0.240 e. The van der Waals surface area contributed by atoms with Crippen LogP contribution >= 0.6 is 0 Å². The zero-order chi connectivity index (χ0) is 18.3. The van der Waals surface area contributed by atoms with Crippen molar-refractivity contribution in [3.63, 3.8) is 0 Å². The maximum Gasteiger partial charge on any atom is 0.240 e. The van der Waals surface area contributed by atoms with Crippen LogP contribution in [-0.4, -0.2) is 60.5 Å². The summed E-state index contributed by atoms with van der Waals surface area (Å²) in [6.45, 7) is 3.66. The summed E-state index contributed by atoms with van der Waals surface area (Å²) in [5, 5.41) is 2.83. The molecule has 1 aromatic carbocycles. The minimum atomic E-state index is -0.977. The molecule has 26 heavy (non-hydrogen) atoms. The number of anilines is 1. The number of carbonyl (C=O) groups excluding carboxylic acids is 3. The number of carbonyl (C=O) groups is 3. The van der Waals surface area contributed by atoms with Crippen LogP contribution in [0.2, 0.25) is 0 Å². The van der Waals surface area contributed by atoms with Crippen LogP contribution in [0.4, 0.5) is 5.69 Å². The molecule has 0 atom stereocenters. The van der Waals surface area contributed by atoms with Gasteiger partial charge in [0.25, 0.3) is 0 Å². The Bertz CT molecular complexity index is 766. The van der Waals surface area contributed by atoms with Crippen molar-refractivity contribution in [3.8, 4) is 11.5 Å². The van der Waals surface area contributed by atoms with Gasteiger partial charge in [-0.25, -0.2) is 0 Å². The highest BCUT2D eigenvalue weighted by Crippen LogP contribution is 2.48. The lowest BCUT2D eigenvalue weighted by molar-refractivity contribution is -0.146.